The van der Waals surface area contributed by atoms with E-state index in [1.54, 1.807) is 7.05 Å². The molecule has 10 atom stereocenters. The molecule has 326 valence electrons. The highest BCUT2D eigenvalue weighted by Crippen LogP contribution is 2.46. The third-order valence-electron chi connectivity index (χ3n) is 11.9. The molecule has 3 aromatic rings. The van der Waals surface area contributed by atoms with Crippen molar-refractivity contribution in [3.05, 3.63) is 118 Å². The maximum Gasteiger partial charge on any atom is 0.410 e. The Morgan fingerprint density at radius 3 is 1.89 bits per heavy atom. The van der Waals surface area contributed by atoms with Crippen molar-refractivity contribution in [3.8, 4) is 0 Å². The zero-order chi connectivity index (χ0) is 42.8. The molecule has 61 heavy (non-hydrogen) atoms. The van der Waals surface area contributed by atoms with E-state index in [0.717, 1.165) is 36.0 Å². The molecule has 2 heterocycles. The fourth-order valence-electron chi connectivity index (χ4n) is 8.48. The third-order valence-corrected chi connectivity index (χ3v) is 11.9. The van der Waals surface area contributed by atoms with Gasteiger partial charge in [0.1, 0.15) is 38.1 Å². The minimum Gasteiger partial charge on any atom is -0.445 e. The van der Waals surface area contributed by atoms with Gasteiger partial charge in [-0.25, -0.2) is 14.4 Å². The lowest BCUT2D eigenvalue weighted by Gasteiger charge is -2.47. The number of amides is 3. The van der Waals surface area contributed by atoms with Crippen LogP contribution in [0.4, 0.5) is 14.4 Å². The standard InChI is InChI=1S/C44H54N6O11/c1-28(50(2)43(54)57-27-31-19-11-5-12-20-31)33-22-21-32(48-49-45)40(58-33)59-37-34(46-41(52)55-25-29-15-7-3-8-16-29)36(51)35(47-42(53)56-26-30-17-9-4-10-18-30)38-39(37)61-44(60-38)23-13-6-14-24-44/h3-5,7-12,15-20,28,32-40,51H,6,13-14,21-27H2,1-2H3,(H,46,52)(H,47,53)/t28-,32+,33-,34-,35+,36-,37+,38-,39-,40+/m0/s1. The van der Waals surface area contributed by atoms with Crippen LogP contribution in [0.2, 0.25) is 0 Å². The summed E-state index contributed by atoms with van der Waals surface area (Å²) in [7, 11) is 1.62. The summed E-state index contributed by atoms with van der Waals surface area (Å²) >= 11 is 0. The van der Waals surface area contributed by atoms with Gasteiger partial charge in [0, 0.05) is 24.8 Å². The van der Waals surface area contributed by atoms with E-state index >= 15 is 0 Å². The number of hydrogen-bond donors (Lipinski definition) is 3. The second kappa shape index (κ2) is 20.4. The lowest BCUT2D eigenvalue weighted by Crippen LogP contribution is -2.72. The Balaban J connectivity index is 1.14. The molecule has 2 saturated carbocycles. The summed E-state index contributed by atoms with van der Waals surface area (Å²) in [6.45, 7) is 1.82. The molecule has 2 saturated heterocycles. The van der Waals surface area contributed by atoms with Gasteiger partial charge < -0.3 is 53.8 Å². The SMILES string of the molecule is C[C@@H]([C@@H]1CC[C@@H](N=[N+]=[N-])[C@@H](O[C@@H]2[C@@H](NC(=O)OCc3ccccc3)[C@H](O)[C@@H](NC(=O)OCc3ccccc3)[C@@H]3OC4(CCCCC4)O[C@@H]23)O1)N(C)C(=O)OCc1ccccc1. The Morgan fingerprint density at radius 1 is 0.803 bits per heavy atom. The number of alkyl carbamates (subject to hydrolysis) is 2. The highest BCUT2D eigenvalue weighted by atomic mass is 16.8. The van der Waals surface area contributed by atoms with Gasteiger partial charge in [-0.2, -0.15) is 0 Å². The molecule has 0 radical (unpaired) electrons. The van der Waals surface area contributed by atoms with E-state index in [-0.39, 0.29) is 19.8 Å². The van der Waals surface area contributed by atoms with Gasteiger partial charge in [0.05, 0.1) is 36.4 Å². The van der Waals surface area contributed by atoms with Gasteiger partial charge in [0.25, 0.3) is 0 Å². The van der Waals surface area contributed by atoms with E-state index in [2.05, 4.69) is 20.7 Å². The van der Waals surface area contributed by atoms with Crippen LogP contribution in [-0.4, -0.2) is 102 Å². The van der Waals surface area contributed by atoms with Crippen molar-refractivity contribution in [2.45, 2.75) is 138 Å². The van der Waals surface area contributed by atoms with Crippen LogP contribution in [0.3, 0.4) is 0 Å². The fourth-order valence-corrected chi connectivity index (χ4v) is 8.48. The van der Waals surface area contributed by atoms with Crippen LogP contribution < -0.4 is 10.6 Å². The number of azide groups is 1. The zero-order valence-corrected chi connectivity index (χ0v) is 34.3. The second-order valence-corrected chi connectivity index (χ2v) is 16.0. The molecule has 3 N–H and O–H groups in total. The molecular formula is C44H54N6O11. The number of carbonyl (C=O) groups excluding carboxylic acids is 3. The van der Waals surface area contributed by atoms with Gasteiger partial charge >= 0.3 is 18.3 Å². The van der Waals surface area contributed by atoms with E-state index in [4.69, 9.17) is 33.2 Å². The van der Waals surface area contributed by atoms with Gasteiger partial charge in [-0.05, 0) is 54.8 Å². The lowest BCUT2D eigenvalue weighted by molar-refractivity contribution is -0.265. The van der Waals surface area contributed by atoms with Crippen molar-refractivity contribution in [2.75, 3.05) is 7.05 Å². The lowest BCUT2D eigenvalue weighted by atomic mass is 9.81. The molecule has 3 aromatic carbocycles. The van der Waals surface area contributed by atoms with E-state index in [9.17, 15) is 25.0 Å². The Labute approximate surface area is 354 Å². The number of aliphatic hydroxyl groups is 1. The number of nitrogens with zero attached hydrogens (tertiary/aromatic N) is 4. The first-order valence-corrected chi connectivity index (χ1v) is 20.9. The van der Waals surface area contributed by atoms with Crippen molar-refractivity contribution in [2.24, 2.45) is 5.11 Å². The quantitative estimate of drug-likeness (QED) is 0.0720. The summed E-state index contributed by atoms with van der Waals surface area (Å²) in [5.41, 5.74) is 12.0. The summed E-state index contributed by atoms with van der Waals surface area (Å²) < 4.78 is 43.6. The van der Waals surface area contributed by atoms with Crippen LogP contribution in [0.25, 0.3) is 10.4 Å². The first-order chi connectivity index (χ1) is 29.6. The van der Waals surface area contributed by atoms with Crippen LogP contribution in [0.1, 0.15) is 68.6 Å². The largest absolute Gasteiger partial charge is 0.445 e. The number of likely N-dealkylation sites (N-methyl/N-ethyl adjacent to an activating group) is 1. The van der Waals surface area contributed by atoms with Gasteiger partial charge in [0.2, 0.25) is 0 Å². The molecule has 17 heteroatoms. The number of nitrogens with one attached hydrogen (secondary N) is 2. The van der Waals surface area contributed by atoms with Crippen molar-refractivity contribution in [3.63, 3.8) is 0 Å². The van der Waals surface area contributed by atoms with Crippen LogP contribution in [-0.2, 0) is 53.0 Å². The van der Waals surface area contributed by atoms with Gasteiger partial charge in [-0.15, -0.1) is 0 Å². The number of fused-ring (bicyclic) bond motifs is 1. The average molecular weight is 843 g/mol. The normalized spacial score (nSPS) is 28.3. The molecule has 4 fully saturated rings. The van der Waals surface area contributed by atoms with E-state index in [0.29, 0.717) is 25.7 Å². The minimum absolute atomic E-state index is 0.0244. The number of carbonyl (C=O) groups is 3. The van der Waals surface area contributed by atoms with Crippen LogP contribution in [0.5, 0.6) is 0 Å². The number of aliphatic hydroxyl groups excluding tert-OH is 1. The van der Waals surface area contributed by atoms with Crippen molar-refractivity contribution in [1.29, 1.82) is 0 Å². The van der Waals surface area contributed by atoms with E-state index in [1.165, 1.54) is 4.90 Å². The maximum absolute atomic E-state index is 13.6. The summed E-state index contributed by atoms with van der Waals surface area (Å²) in [6, 6.07) is 23.8. The second-order valence-electron chi connectivity index (χ2n) is 16.0. The fraction of sp³-hybridized carbons (Fsp3) is 0.523. The van der Waals surface area contributed by atoms with Crippen molar-refractivity contribution < 1.29 is 52.6 Å². The van der Waals surface area contributed by atoms with E-state index < -0.39 is 85.0 Å². The predicted molar refractivity (Wildman–Crippen MR) is 218 cm³/mol. The summed E-state index contributed by atoms with van der Waals surface area (Å²) in [6.07, 6.45) is -4.26. The molecule has 4 aliphatic rings. The molecule has 7 rings (SSSR count). The number of rotatable bonds is 13. The zero-order valence-electron chi connectivity index (χ0n) is 34.3. The highest BCUT2D eigenvalue weighted by molar-refractivity contribution is 5.69. The summed E-state index contributed by atoms with van der Waals surface area (Å²) in [5, 5.41) is 21.9. The van der Waals surface area contributed by atoms with Gasteiger partial charge in [-0.3, -0.25) is 0 Å². The first kappa shape index (κ1) is 43.7. The van der Waals surface area contributed by atoms with Gasteiger partial charge in [0.15, 0.2) is 12.1 Å². The van der Waals surface area contributed by atoms with Crippen LogP contribution >= 0.6 is 0 Å². The monoisotopic (exact) mass is 842 g/mol. The molecule has 1 spiro atoms. The maximum atomic E-state index is 13.6. The number of hydrogen-bond acceptors (Lipinski definition) is 12. The topological polar surface area (TPSA) is 212 Å². The Morgan fingerprint density at radius 2 is 1.33 bits per heavy atom. The Hall–Kier alpha value is -5.42. The molecule has 2 aliphatic heterocycles. The molecule has 0 bridgehead atoms. The average Bonchev–Trinajstić information content (AvgIpc) is 3.65. The van der Waals surface area contributed by atoms with Crippen LogP contribution in [0, 0.1) is 0 Å². The van der Waals surface area contributed by atoms with Gasteiger partial charge in [-0.1, -0.05) is 103 Å². The molecular weight excluding hydrogens is 789 g/mol. The minimum atomic E-state index is -1.54. The predicted octanol–water partition coefficient (Wildman–Crippen LogP) is 6.62. The number of benzene rings is 3. The van der Waals surface area contributed by atoms with Crippen LogP contribution in [0.15, 0.2) is 96.1 Å². The molecule has 0 aromatic heterocycles. The smallest absolute Gasteiger partial charge is 0.410 e. The Bertz CT molecular complexity index is 1950. The summed E-state index contributed by atoms with van der Waals surface area (Å²) in [4.78, 5) is 44.7. The Kier molecular flexibility index (Phi) is 14.6. The first-order valence-electron chi connectivity index (χ1n) is 20.9. The van der Waals surface area contributed by atoms with Crippen molar-refractivity contribution >= 4 is 18.3 Å². The molecule has 0 unspecified atom stereocenters. The molecule has 3 amide bonds. The highest BCUT2D eigenvalue weighted by Gasteiger charge is 2.62. The summed E-state index contributed by atoms with van der Waals surface area (Å²) in [5.74, 6) is -1.05. The number of ether oxygens (including phenoxy) is 7. The molecule has 2 aliphatic carbocycles. The third kappa shape index (κ3) is 10.9. The van der Waals surface area contributed by atoms with Crippen molar-refractivity contribution in [1.82, 2.24) is 15.5 Å². The van der Waals surface area contributed by atoms with E-state index in [1.807, 2.05) is 97.9 Å². The molecule has 17 nitrogen and oxygen atoms in total.